The molecule has 0 radical (unpaired) electrons. The van der Waals surface area contributed by atoms with Crippen LogP contribution in [0.1, 0.15) is 32.1 Å². The van der Waals surface area contributed by atoms with Gasteiger partial charge in [0.05, 0.1) is 27.7 Å². The van der Waals surface area contributed by atoms with Crippen LogP contribution in [0.25, 0.3) is 16.5 Å². The maximum Gasteiger partial charge on any atom is 0.269 e. The highest BCUT2D eigenvalue weighted by atomic mass is 79.9. The standard InChI is InChI=1S/C23H15BrN4O4/c1-12-21(13(2)27(25-12)14-6-8-15(9-7-14)28(31)32)26-22(29)17-5-3-4-16-19(24)11-10-18(20(16)17)23(26)30/h3-11H,1-2H3. The lowest BCUT2D eigenvalue weighted by atomic mass is 9.93. The molecule has 5 rings (SSSR count). The molecule has 1 aliphatic rings. The number of hydrogen-bond donors (Lipinski definition) is 0. The van der Waals surface area contributed by atoms with Gasteiger partial charge < -0.3 is 0 Å². The van der Waals surface area contributed by atoms with Gasteiger partial charge in [0.15, 0.2) is 0 Å². The van der Waals surface area contributed by atoms with Crippen molar-refractivity contribution in [2.45, 2.75) is 13.8 Å². The van der Waals surface area contributed by atoms with Crippen LogP contribution >= 0.6 is 15.9 Å². The van der Waals surface area contributed by atoms with Crippen molar-refractivity contribution in [1.82, 2.24) is 9.78 Å². The highest BCUT2D eigenvalue weighted by Crippen LogP contribution is 2.38. The molecule has 9 heteroatoms. The number of hydrogen-bond acceptors (Lipinski definition) is 5. The summed E-state index contributed by atoms with van der Waals surface area (Å²) in [6.07, 6.45) is 0. The molecule has 4 aromatic rings. The molecule has 0 saturated heterocycles. The van der Waals surface area contributed by atoms with E-state index in [2.05, 4.69) is 21.0 Å². The first-order chi connectivity index (χ1) is 15.3. The summed E-state index contributed by atoms with van der Waals surface area (Å²) in [7, 11) is 0. The fourth-order valence-electron chi connectivity index (χ4n) is 4.19. The first kappa shape index (κ1) is 20.1. The molecule has 2 heterocycles. The number of nitro benzene ring substituents is 1. The Morgan fingerprint density at radius 1 is 0.938 bits per heavy atom. The average Bonchev–Trinajstić information content (AvgIpc) is 3.07. The van der Waals surface area contributed by atoms with Crippen LogP contribution in [0.5, 0.6) is 0 Å². The predicted octanol–water partition coefficient (Wildman–Crippen LogP) is 5.11. The average molecular weight is 491 g/mol. The van der Waals surface area contributed by atoms with E-state index in [0.29, 0.717) is 39.3 Å². The quantitative estimate of drug-likeness (QED) is 0.225. The van der Waals surface area contributed by atoms with Gasteiger partial charge in [0.1, 0.15) is 0 Å². The number of imide groups is 1. The second kappa shape index (κ2) is 7.10. The Morgan fingerprint density at radius 2 is 1.59 bits per heavy atom. The van der Waals surface area contributed by atoms with E-state index in [0.717, 1.165) is 9.86 Å². The SMILES string of the molecule is Cc1nn(-c2ccc([N+](=O)[O-])cc2)c(C)c1N1C(=O)c2cccc3c(Br)ccc(c23)C1=O. The second-order valence-electron chi connectivity index (χ2n) is 7.47. The zero-order valence-corrected chi connectivity index (χ0v) is 18.6. The number of rotatable bonds is 3. The fraction of sp³-hybridized carbons (Fsp3) is 0.0870. The van der Waals surface area contributed by atoms with E-state index in [-0.39, 0.29) is 5.69 Å². The van der Waals surface area contributed by atoms with Gasteiger partial charge in [0.2, 0.25) is 0 Å². The smallest absolute Gasteiger partial charge is 0.268 e. The molecule has 0 aliphatic carbocycles. The molecule has 0 atom stereocenters. The number of amides is 2. The zero-order valence-electron chi connectivity index (χ0n) is 17.0. The maximum absolute atomic E-state index is 13.5. The van der Waals surface area contributed by atoms with Crippen LogP contribution in [0.2, 0.25) is 0 Å². The Morgan fingerprint density at radius 3 is 2.25 bits per heavy atom. The second-order valence-corrected chi connectivity index (χ2v) is 8.33. The number of aromatic nitrogens is 2. The maximum atomic E-state index is 13.5. The van der Waals surface area contributed by atoms with E-state index >= 15 is 0 Å². The number of nitrogens with zero attached hydrogens (tertiary/aromatic N) is 4. The summed E-state index contributed by atoms with van der Waals surface area (Å²) in [5.41, 5.74) is 2.92. The number of non-ortho nitro benzene ring substituents is 1. The van der Waals surface area contributed by atoms with Crippen LogP contribution in [0.15, 0.2) is 59.1 Å². The molecule has 0 fully saturated rings. The molecule has 1 aliphatic heterocycles. The summed E-state index contributed by atoms with van der Waals surface area (Å²) in [5, 5.41) is 16.9. The van der Waals surface area contributed by atoms with Gasteiger partial charge in [-0.05, 0) is 49.6 Å². The number of anilines is 1. The molecule has 0 spiro atoms. The first-order valence-corrected chi connectivity index (χ1v) is 10.5. The van der Waals surface area contributed by atoms with Crippen molar-refractivity contribution >= 4 is 49.9 Å². The lowest BCUT2D eigenvalue weighted by molar-refractivity contribution is -0.384. The molecule has 0 bridgehead atoms. The van der Waals surface area contributed by atoms with Gasteiger partial charge in [-0.2, -0.15) is 5.10 Å². The number of benzene rings is 3. The molecular formula is C23H15BrN4O4. The van der Waals surface area contributed by atoms with Crippen molar-refractivity contribution in [3.63, 3.8) is 0 Å². The lowest BCUT2D eigenvalue weighted by Crippen LogP contribution is -2.41. The first-order valence-electron chi connectivity index (χ1n) is 9.70. The van der Waals surface area contributed by atoms with Crippen molar-refractivity contribution in [3.8, 4) is 5.69 Å². The number of nitro groups is 1. The molecule has 158 valence electrons. The monoisotopic (exact) mass is 490 g/mol. The van der Waals surface area contributed by atoms with Crippen molar-refractivity contribution in [2.24, 2.45) is 0 Å². The third-order valence-corrected chi connectivity index (χ3v) is 6.33. The van der Waals surface area contributed by atoms with Gasteiger partial charge in [-0.3, -0.25) is 19.7 Å². The highest BCUT2D eigenvalue weighted by Gasteiger charge is 2.37. The van der Waals surface area contributed by atoms with Crippen molar-refractivity contribution in [2.75, 3.05) is 4.90 Å². The van der Waals surface area contributed by atoms with Crippen molar-refractivity contribution in [3.05, 3.63) is 91.7 Å². The molecule has 8 nitrogen and oxygen atoms in total. The molecular weight excluding hydrogens is 476 g/mol. The summed E-state index contributed by atoms with van der Waals surface area (Å²) in [6, 6.07) is 14.8. The summed E-state index contributed by atoms with van der Waals surface area (Å²) < 4.78 is 2.39. The summed E-state index contributed by atoms with van der Waals surface area (Å²) in [6.45, 7) is 3.48. The number of carbonyl (C=O) groups excluding carboxylic acids is 2. The molecule has 0 unspecified atom stereocenters. The number of halogens is 1. The third kappa shape index (κ3) is 2.78. The van der Waals surface area contributed by atoms with E-state index in [1.165, 1.54) is 17.0 Å². The minimum atomic E-state index is -0.474. The third-order valence-electron chi connectivity index (χ3n) is 5.64. The molecule has 2 amide bonds. The Hall–Kier alpha value is -3.85. The molecule has 3 aromatic carbocycles. The Balaban J connectivity index is 1.66. The van der Waals surface area contributed by atoms with E-state index < -0.39 is 16.7 Å². The van der Waals surface area contributed by atoms with Crippen LogP contribution in [0.4, 0.5) is 11.4 Å². The van der Waals surface area contributed by atoms with Gasteiger partial charge in [-0.15, -0.1) is 0 Å². The Bertz CT molecular complexity index is 1450. The van der Waals surface area contributed by atoms with Gasteiger partial charge in [-0.1, -0.05) is 28.1 Å². The summed E-state index contributed by atoms with van der Waals surface area (Å²) in [4.78, 5) is 38.6. The van der Waals surface area contributed by atoms with Crippen LogP contribution in [-0.4, -0.2) is 26.5 Å². The minimum Gasteiger partial charge on any atom is -0.268 e. The summed E-state index contributed by atoms with van der Waals surface area (Å²) in [5.74, 6) is -0.832. The Labute approximate surface area is 190 Å². The van der Waals surface area contributed by atoms with Crippen LogP contribution in [-0.2, 0) is 0 Å². The van der Waals surface area contributed by atoms with Gasteiger partial charge in [-0.25, -0.2) is 9.58 Å². The van der Waals surface area contributed by atoms with E-state index in [4.69, 9.17) is 0 Å². The van der Waals surface area contributed by atoms with Crippen LogP contribution in [0.3, 0.4) is 0 Å². The van der Waals surface area contributed by atoms with E-state index in [9.17, 15) is 19.7 Å². The van der Waals surface area contributed by atoms with Crippen LogP contribution in [0, 0.1) is 24.0 Å². The predicted molar refractivity (Wildman–Crippen MR) is 122 cm³/mol. The number of carbonyl (C=O) groups is 2. The van der Waals surface area contributed by atoms with Crippen molar-refractivity contribution < 1.29 is 14.5 Å². The normalized spacial score (nSPS) is 13.2. The van der Waals surface area contributed by atoms with E-state index in [1.54, 1.807) is 54.9 Å². The fourth-order valence-corrected chi connectivity index (χ4v) is 4.65. The highest BCUT2D eigenvalue weighted by molar-refractivity contribution is 9.10. The number of aryl methyl sites for hydroxylation is 1. The Kier molecular flexibility index (Phi) is 4.45. The summed E-state index contributed by atoms with van der Waals surface area (Å²) >= 11 is 3.49. The minimum absolute atomic E-state index is 0.0345. The molecule has 32 heavy (non-hydrogen) atoms. The molecule has 0 saturated carbocycles. The van der Waals surface area contributed by atoms with Crippen molar-refractivity contribution in [1.29, 1.82) is 0 Å². The zero-order chi connectivity index (χ0) is 22.7. The van der Waals surface area contributed by atoms with E-state index in [1.807, 2.05) is 6.07 Å². The van der Waals surface area contributed by atoms with Crippen LogP contribution < -0.4 is 4.90 Å². The van der Waals surface area contributed by atoms with Gasteiger partial charge in [0, 0.05) is 33.1 Å². The topological polar surface area (TPSA) is 98.3 Å². The lowest BCUT2D eigenvalue weighted by Gasteiger charge is -2.27. The van der Waals surface area contributed by atoms with Gasteiger partial charge in [0.25, 0.3) is 17.5 Å². The largest absolute Gasteiger partial charge is 0.269 e. The van der Waals surface area contributed by atoms with Gasteiger partial charge >= 0.3 is 0 Å². The molecule has 0 N–H and O–H groups in total. The molecule has 1 aromatic heterocycles.